The largest absolute Gasteiger partial charge is 0.308 e. The molecule has 0 fully saturated rings. The summed E-state index contributed by atoms with van der Waals surface area (Å²) in [5.41, 5.74) is 15.6. The zero-order chi connectivity index (χ0) is 77.5. The number of thiophene rings is 2. The van der Waals surface area contributed by atoms with Gasteiger partial charge >= 0.3 is 0 Å². The van der Waals surface area contributed by atoms with Gasteiger partial charge in [0.2, 0.25) is 0 Å². The minimum Gasteiger partial charge on any atom is -0.308 e. The molecule has 466 valence electrons. The summed E-state index contributed by atoms with van der Waals surface area (Å²) in [6, 6.07) is 47.9. The van der Waals surface area contributed by atoms with Crippen molar-refractivity contribution in [3.8, 4) is 66.8 Å². The van der Waals surface area contributed by atoms with Gasteiger partial charge in [-0.1, -0.05) is 158 Å². The van der Waals surface area contributed by atoms with E-state index >= 15 is 0 Å². The molecule has 40 radical (unpaired) electrons. The topological polar surface area (TPSA) is 8.82 Å². The first kappa shape index (κ1) is 71.5. The van der Waals surface area contributed by atoms with Gasteiger partial charge in [0.15, 0.2) is 0 Å². The predicted octanol–water partition coefficient (Wildman–Crippen LogP) is 1.20. The van der Waals surface area contributed by atoms with Gasteiger partial charge in [-0.25, -0.2) is 0 Å². The Hall–Kier alpha value is -8.80. The first-order valence-electron chi connectivity index (χ1n) is 35.7. The molecular formula is C86H40B20N2S2. The molecule has 110 heavy (non-hydrogen) atoms. The minimum atomic E-state index is -0.493. The van der Waals surface area contributed by atoms with E-state index in [1.165, 1.54) is 0 Å². The third-order valence-corrected chi connectivity index (χ3v) is 25.8. The highest BCUT2D eigenvalue weighted by Crippen LogP contribution is 2.54. The van der Waals surface area contributed by atoms with E-state index < -0.39 is 10.8 Å². The van der Waals surface area contributed by atoms with Crippen molar-refractivity contribution in [1.29, 1.82) is 0 Å². The Bertz CT molecular complexity index is 6750. The van der Waals surface area contributed by atoms with E-state index in [9.17, 15) is 0 Å². The van der Waals surface area contributed by atoms with Crippen LogP contribution in [0.25, 0.3) is 183 Å². The number of hydrogen-bond donors (Lipinski definition) is 0. The summed E-state index contributed by atoms with van der Waals surface area (Å²) in [6.07, 6.45) is 0. The molecule has 19 aromatic rings. The summed E-state index contributed by atoms with van der Waals surface area (Å²) in [4.78, 5) is 0. The Morgan fingerprint density at radius 2 is 0.509 bits per heavy atom. The molecule has 0 atom stereocenters. The highest BCUT2D eigenvalue weighted by atomic mass is 32.1. The third kappa shape index (κ3) is 9.63. The summed E-state index contributed by atoms with van der Waals surface area (Å²) in [6.45, 7) is 12.6. The molecule has 0 N–H and O–H groups in total. The van der Waals surface area contributed by atoms with Crippen LogP contribution in [-0.4, -0.2) is 166 Å². The highest BCUT2D eigenvalue weighted by Gasteiger charge is 2.33. The molecule has 0 aliphatic rings. The van der Waals surface area contributed by atoms with E-state index in [1.807, 2.05) is 0 Å². The van der Waals surface area contributed by atoms with Crippen LogP contribution in [0.1, 0.15) is 52.7 Å². The Balaban J connectivity index is 0.942. The molecule has 13 aromatic carbocycles. The van der Waals surface area contributed by atoms with Crippen molar-refractivity contribution in [3.05, 3.63) is 145 Å². The maximum absolute atomic E-state index is 7.15. The monoisotopic (exact) mass is 1380 g/mol. The van der Waals surface area contributed by atoms with Crippen LogP contribution in [-0.2, 0) is 10.8 Å². The van der Waals surface area contributed by atoms with Crippen LogP contribution < -0.4 is 109 Å². The van der Waals surface area contributed by atoms with Gasteiger partial charge in [-0.2, -0.15) is 0 Å². The highest BCUT2D eigenvalue weighted by molar-refractivity contribution is 7.27. The molecule has 19 rings (SSSR count). The number of hydrogen-bond acceptors (Lipinski definition) is 2. The molecule has 0 saturated carbocycles. The number of nitrogens with zero attached hydrogens (tertiary/aromatic N) is 2. The van der Waals surface area contributed by atoms with Crippen molar-refractivity contribution in [2.24, 2.45) is 0 Å². The quantitative estimate of drug-likeness (QED) is 0.222. The lowest BCUT2D eigenvalue weighted by Crippen LogP contribution is -2.55. The van der Waals surface area contributed by atoms with Crippen LogP contribution in [0.4, 0.5) is 0 Å². The SMILES string of the molecule is [B]c1c([B])c([B])c(-c2cc(C(C)(C)C)cc(-c3c([B])c([B])c([B])c([B])c3[B])c2-c2ccc3c(c2)c2c4sc5ccccc5c4cc4c5cc6c(cc5n3c42)c2cc3c4ccccc4sc3c3c4cc(-c5c(-c7c([B])c([B])c([B])c([B])c7[B])cc(C(C)(C)C)cc5-c5c([B])c([B])c([B])c([B])c5[B])ccc4n6c23)c([B])c1[B]. The van der Waals surface area contributed by atoms with Gasteiger partial charge in [0.1, 0.15) is 157 Å². The molecule has 2 nitrogen and oxygen atoms in total. The van der Waals surface area contributed by atoms with Gasteiger partial charge in [-0.05, 0) is 149 Å². The zero-order valence-corrected chi connectivity index (χ0v) is 62.6. The Morgan fingerprint density at radius 3 is 0.791 bits per heavy atom. The van der Waals surface area contributed by atoms with Gasteiger partial charge in [0, 0.05) is 83.4 Å². The van der Waals surface area contributed by atoms with E-state index in [4.69, 9.17) is 157 Å². The van der Waals surface area contributed by atoms with Crippen LogP contribution in [0.15, 0.2) is 133 Å². The second kappa shape index (κ2) is 24.4. The third-order valence-electron chi connectivity index (χ3n) is 23.4. The Kier molecular flexibility index (Phi) is 15.8. The molecule has 0 aliphatic carbocycles. The average molecular weight is 1380 g/mol. The van der Waals surface area contributed by atoms with Gasteiger partial charge in [0.05, 0.1) is 33.1 Å². The second-order valence-electron chi connectivity index (χ2n) is 31.4. The molecule has 24 heteroatoms. The van der Waals surface area contributed by atoms with Crippen molar-refractivity contribution >= 4 is 405 Å². The van der Waals surface area contributed by atoms with Crippen molar-refractivity contribution in [3.63, 3.8) is 0 Å². The molecule has 6 aromatic heterocycles. The molecule has 6 heterocycles. The van der Waals surface area contributed by atoms with Crippen molar-refractivity contribution in [2.45, 2.75) is 52.4 Å². The number of aromatic nitrogens is 2. The van der Waals surface area contributed by atoms with E-state index in [0.717, 1.165) is 139 Å². The van der Waals surface area contributed by atoms with Gasteiger partial charge in [-0.3, -0.25) is 0 Å². The minimum absolute atomic E-state index is 0.0745. The summed E-state index contributed by atoms with van der Waals surface area (Å²) >= 11 is 3.52. The summed E-state index contributed by atoms with van der Waals surface area (Å²) in [5.74, 6) is 0. The maximum atomic E-state index is 7.15. The molecule has 0 aliphatic heterocycles. The van der Waals surface area contributed by atoms with Crippen LogP contribution in [0.3, 0.4) is 0 Å². The standard InChI is InChI=1S/C86H40B20N2S2/c1-85(2,3)31-21-43(55-61(87)69(95)77(103)70(96)62(55)88)53(44(22-31)56-63(89)71(97)78(104)72(98)64(56)90)29-15-17-47-41(19-29)59-81-37(25-39-33-11-7-9-13-51(33)109-83(39)59)35-28-50-36(27-49(35)107(47)81)38-26-40-34-12-8-10-14-52(34)110-84(40)60-42-20-30(16-18-48(42)108(50)82(38)60)54-45(57-65(91)73(99)79(105)74(100)66(57)92)23-32(86(4,5)6)24-46(54)58-67(93)75(101)80(106)76(102)68(58)94/h7-28H,1-6H3. The fraction of sp³-hybridized carbons (Fsp3) is 0.0930. The van der Waals surface area contributed by atoms with Crippen LogP contribution >= 0.6 is 22.7 Å². The fourth-order valence-electron chi connectivity index (χ4n) is 17.5. The molecular weight excluding hydrogens is 1340 g/mol. The van der Waals surface area contributed by atoms with Gasteiger partial charge < -0.3 is 8.80 Å². The lowest BCUT2D eigenvalue weighted by molar-refractivity contribution is 0.590. The first-order chi connectivity index (χ1) is 52.2. The maximum Gasteiger partial charge on any atom is 0.113 e. The predicted molar refractivity (Wildman–Crippen MR) is 499 cm³/mol. The van der Waals surface area contributed by atoms with E-state index in [-0.39, 0.29) is 109 Å². The molecule has 0 spiro atoms. The van der Waals surface area contributed by atoms with Crippen LogP contribution in [0.5, 0.6) is 0 Å². The lowest BCUT2D eigenvalue weighted by atomic mass is 9.58. The lowest BCUT2D eigenvalue weighted by Gasteiger charge is -2.30. The normalized spacial score (nSPS) is 12.6. The molecule has 0 amide bonds. The van der Waals surface area contributed by atoms with Crippen molar-refractivity contribution in [1.82, 2.24) is 8.80 Å². The summed E-state index contributed by atoms with van der Waals surface area (Å²) in [7, 11) is 138. The Morgan fingerprint density at radius 1 is 0.236 bits per heavy atom. The molecule has 0 saturated heterocycles. The van der Waals surface area contributed by atoms with Gasteiger partial charge in [-0.15, -0.1) is 88.2 Å². The van der Waals surface area contributed by atoms with E-state index in [1.54, 1.807) is 22.7 Å². The number of fused-ring (bicyclic) bond motifs is 20. The van der Waals surface area contributed by atoms with Crippen molar-refractivity contribution < 1.29 is 0 Å². The zero-order valence-electron chi connectivity index (χ0n) is 61.0. The van der Waals surface area contributed by atoms with E-state index in [2.05, 4.69) is 184 Å². The first-order valence-corrected chi connectivity index (χ1v) is 37.3. The summed E-state index contributed by atoms with van der Waals surface area (Å²) < 4.78 is 9.36. The van der Waals surface area contributed by atoms with E-state index in [0.29, 0.717) is 55.6 Å². The Labute approximate surface area is 672 Å². The van der Waals surface area contributed by atoms with Crippen molar-refractivity contribution in [2.75, 3.05) is 0 Å². The second-order valence-corrected chi connectivity index (χ2v) is 33.5. The van der Waals surface area contributed by atoms with Crippen LogP contribution in [0.2, 0.25) is 0 Å². The molecule has 0 unspecified atom stereocenters. The number of benzene rings is 13. The van der Waals surface area contributed by atoms with Gasteiger partial charge in [0.25, 0.3) is 0 Å². The smallest absolute Gasteiger partial charge is 0.113 e. The number of rotatable bonds is 6. The van der Waals surface area contributed by atoms with Crippen LogP contribution in [0, 0.1) is 0 Å². The summed E-state index contributed by atoms with van der Waals surface area (Å²) in [5, 5.41) is 12.8. The average Bonchev–Trinajstić information content (AvgIpc) is 1.50. The molecule has 0 bridgehead atoms. The fourth-order valence-corrected chi connectivity index (χ4v) is 20.0.